The molecule has 4 rings (SSSR count). The number of piperidine rings is 1. The fraction of sp³-hybridized carbons (Fsp3) is 0.636. The van der Waals surface area contributed by atoms with Gasteiger partial charge in [-0.15, -0.1) is 0 Å². The van der Waals surface area contributed by atoms with Gasteiger partial charge in [0.25, 0.3) is 5.91 Å². The molecular weight excluding hydrogens is 366 g/mol. The Morgan fingerprint density at radius 2 is 1.76 bits per heavy atom. The third kappa shape index (κ3) is 4.73. The monoisotopic (exact) mass is 399 g/mol. The molecule has 0 radical (unpaired) electrons. The number of benzene rings is 1. The van der Waals surface area contributed by atoms with Crippen LogP contribution in [0.25, 0.3) is 0 Å². The molecule has 0 saturated carbocycles. The van der Waals surface area contributed by atoms with Crippen molar-refractivity contribution in [3.63, 3.8) is 0 Å². The number of piperazine rings is 1. The molecule has 3 saturated heterocycles. The lowest BCUT2D eigenvalue weighted by Gasteiger charge is -2.33. The highest BCUT2D eigenvalue weighted by atomic mass is 16.2. The lowest BCUT2D eigenvalue weighted by Crippen LogP contribution is -2.49. The van der Waals surface area contributed by atoms with E-state index in [2.05, 4.69) is 22.5 Å². The van der Waals surface area contributed by atoms with Crippen molar-refractivity contribution in [1.82, 2.24) is 20.0 Å². The lowest BCUT2D eigenvalue weighted by atomic mass is 10.0. The molecule has 2 atom stereocenters. The number of likely N-dealkylation sites (tertiary alicyclic amines) is 2. The minimum absolute atomic E-state index is 0.0497. The number of urea groups is 1. The normalized spacial score (nSPS) is 25.8. The Hall–Kier alpha value is -2.12. The maximum Gasteiger partial charge on any atom is 0.321 e. The second-order valence-corrected chi connectivity index (χ2v) is 8.53. The van der Waals surface area contributed by atoms with Crippen molar-refractivity contribution in [2.75, 3.05) is 51.1 Å². The summed E-state index contributed by atoms with van der Waals surface area (Å²) in [6, 6.07) is 8.04. The Bertz CT molecular complexity index is 716. The SMILES string of the molecule is CC1CCCCN1C(=O)c1ccc(NC(=O)N2CCC(N3CCNCC3)C2)cc1. The molecule has 3 heterocycles. The second kappa shape index (κ2) is 9.13. The van der Waals surface area contributed by atoms with Gasteiger partial charge >= 0.3 is 6.03 Å². The average Bonchev–Trinajstić information content (AvgIpc) is 3.25. The average molecular weight is 400 g/mol. The van der Waals surface area contributed by atoms with E-state index in [-0.39, 0.29) is 11.9 Å². The van der Waals surface area contributed by atoms with Gasteiger partial charge in [0.15, 0.2) is 0 Å². The minimum Gasteiger partial charge on any atom is -0.336 e. The Morgan fingerprint density at radius 1 is 1.00 bits per heavy atom. The summed E-state index contributed by atoms with van der Waals surface area (Å²) in [5, 5.41) is 6.37. The van der Waals surface area contributed by atoms with Gasteiger partial charge in [-0.05, 0) is 56.9 Å². The number of carbonyl (C=O) groups excluding carboxylic acids is 2. The van der Waals surface area contributed by atoms with Crippen molar-refractivity contribution >= 4 is 17.6 Å². The molecule has 2 N–H and O–H groups in total. The fourth-order valence-corrected chi connectivity index (χ4v) is 4.74. The Morgan fingerprint density at radius 3 is 2.48 bits per heavy atom. The van der Waals surface area contributed by atoms with Crippen LogP contribution in [0.15, 0.2) is 24.3 Å². The van der Waals surface area contributed by atoms with Crippen molar-refractivity contribution < 1.29 is 9.59 Å². The van der Waals surface area contributed by atoms with E-state index in [4.69, 9.17) is 0 Å². The fourth-order valence-electron chi connectivity index (χ4n) is 4.74. The molecule has 1 aromatic carbocycles. The van der Waals surface area contributed by atoms with Gasteiger partial charge < -0.3 is 20.4 Å². The molecule has 0 aromatic heterocycles. The molecule has 0 bridgehead atoms. The summed E-state index contributed by atoms with van der Waals surface area (Å²) in [4.78, 5) is 31.8. The highest BCUT2D eigenvalue weighted by Crippen LogP contribution is 2.21. The van der Waals surface area contributed by atoms with E-state index in [0.717, 1.165) is 70.8 Å². The summed E-state index contributed by atoms with van der Waals surface area (Å²) >= 11 is 0. The molecule has 0 aliphatic carbocycles. The summed E-state index contributed by atoms with van der Waals surface area (Å²) in [7, 11) is 0. The number of carbonyl (C=O) groups is 2. The largest absolute Gasteiger partial charge is 0.336 e. The molecule has 2 unspecified atom stereocenters. The molecule has 7 nitrogen and oxygen atoms in total. The topological polar surface area (TPSA) is 67.9 Å². The molecule has 0 spiro atoms. The lowest BCUT2D eigenvalue weighted by molar-refractivity contribution is 0.0635. The molecule has 158 valence electrons. The van der Waals surface area contributed by atoms with Crippen LogP contribution in [0.5, 0.6) is 0 Å². The first kappa shape index (κ1) is 20.2. The Labute approximate surface area is 173 Å². The molecule has 1 aromatic rings. The number of nitrogens with zero attached hydrogens (tertiary/aromatic N) is 3. The van der Waals surface area contributed by atoms with Crippen LogP contribution in [0.2, 0.25) is 0 Å². The van der Waals surface area contributed by atoms with E-state index in [1.165, 1.54) is 6.42 Å². The van der Waals surface area contributed by atoms with Crippen molar-refractivity contribution in [3.05, 3.63) is 29.8 Å². The third-order valence-corrected chi connectivity index (χ3v) is 6.57. The smallest absolute Gasteiger partial charge is 0.321 e. The van der Waals surface area contributed by atoms with Gasteiger partial charge in [-0.2, -0.15) is 0 Å². The van der Waals surface area contributed by atoms with Crippen molar-refractivity contribution in [3.8, 4) is 0 Å². The predicted molar refractivity (Wildman–Crippen MR) is 114 cm³/mol. The van der Waals surface area contributed by atoms with E-state index >= 15 is 0 Å². The zero-order valence-electron chi connectivity index (χ0n) is 17.4. The van der Waals surface area contributed by atoms with Crippen LogP contribution in [0.3, 0.4) is 0 Å². The van der Waals surface area contributed by atoms with E-state index in [9.17, 15) is 9.59 Å². The van der Waals surface area contributed by atoms with Crippen molar-refractivity contribution in [2.45, 2.75) is 44.7 Å². The van der Waals surface area contributed by atoms with Crippen molar-refractivity contribution in [2.24, 2.45) is 0 Å². The zero-order valence-corrected chi connectivity index (χ0v) is 17.4. The summed E-state index contributed by atoms with van der Waals surface area (Å²) < 4.78 is 0. The van der Waals surface area contributed by atoms with Crippen LogP contribution in [-0.4, -0.2) is 84.5 Å². The predicted octanol–water partition coefficient (Wildman–Crippen LogP) is 2.21. The van der Waals surface area contributed by atoms with Crippen LogP contribution in [0.1, 0.15) is 43.0 Å². The quantitative estimate of drug-likeness (QED) is 0.818. The van der Waals surface area contributed by atoms with Crippen LogP contribution >= 0.6 is 0 Å². The standard InChI is InChI=1S/C22H33N5O2/c1-17-4-2-3-12-27(17)21(28)18-5-7-19(8-6-18)24-22(29)26-13-9-20(16-26)25-14-10-23-11-15-25/h5-8,17,20,23H,2-4,9-16H2,1H3,(H,24,29). The molecule has 3 aliphatic rings. The molecule has 3 fully saturated rings. The summed E-state index contributed by atoms with van der Waals surface area (Å²) in [6.07, 6.45) is 4.39. The first-order valence-electron chi connectivity index (χ1n) is 11.0. The molecule has 29 heavy (non-hydrogen) atoms. The van der Waals surface area contributed by atoms with Gasteiger partial charge in [-0.3, -0.25) is 9.69 Å². The van der Waals surface area contributed by atoms with Crippen molar-refractivity contribution in [1.29, 1.82) is 0 Å². The van der Waals surface area contributed by atoms with Gasteiger partial charge in [0.05, 0.1) is 0 Å². The first-order chi connectivity index (χ1) is 14.1. The molecule has 3 aliphatic heterocycles. The number of nitrogens with one attached hydrogen (secondary N) is 2. The van der Waals surface area contributed by atoms with Crippen LogP contribution in [0.4, 0.5) is 10.5 Å². The maximum absolute atomic E-state index is 12.8. The summed E-state index contributed by atoms with van der Waals surface area (Å²) in [6.45, 7) is 8.72. The second-order valence-electron chi connectivity index (χ2n) is 8.53. The molecular formula is C22H33N5O2. The van der Waals surface area contributed by atoms with Crippen LogP contribution < -0.4 is 10.6 Å². The first-order valence-corrected chi connectivity index (χ1v) is 11.0. The van der Waals surface area contributed by atoms with Gasteiger partial charge in [-0.1, -0.05) is 0 Å². The van der Waals surface area contributed by atoms with E-state index in [0.29, 0.717) is 17.6 Å². The summed E-state index contributed by atoms with van der Waals surface area (Å²) in [5.74, 6) is 0.0912. The van der Waals surface area contributed by atoms with Crippen LogP contribution in [0, 0.1) is 0 Å². The molecule has 7 heteroatoms. The highest BCUT2D eigenvalue weighted by Gasteiger charge is 2.31. The summed E-state index contributed by atoms with van der Waals surface area (Å²) in [5.41, 5.74) is 1.43. The minimum atomic E-state index is -0.0497. The van der Waals surface area contributed by atoms with Gasteiger partial charge in [0.2, 0.25) is 0 Å². The van der Waals surface area contributed by atoms with E-state index in [1.807, 2.05) is 34.1 Å². The van der Waals surface area contributed by atoms with Gasteiger partial charge in [-0.25, -0.2) is 4.79 Å². The van der Waals surface area contributed by atoms with Gasteiger partial charge in [0.1, 0.15) is 0 Å². The maximum atomic E-state index is 12.8. The molecule has 3 amide bonds. The van der Waals surface area contributed by atoms with Crippen LogP contribution in [-0.2, 0) is 0 Å². The highest BCUT2D eigenvalue weighted by molar-refractivity contribution is 5.95. The Balaban J connectivity index is 1.30. The third-order valence-electron chi connectivity index (χ3n) is 6.57. The number of rotatable bonds is 3. The number of hydrogen-bond acceptors (Lipinski definition) is 4. The van der Waals surface area contributed by atoms with Gasteiger partial charge in [0, 0.05) is 69.1 Å². The van der Waals surface area contributed by atoms with E-state index in [1.54, 1.807) is 0 Å². The number of anilines is 1. The Kier molecular flexibility index (Phi) is 6.35. The van der Waals surface area contributed by atoms with E-state index < -0.39 is 0 Å². The zero-order chi connectivity index (χ0) is 20.2. The number of hydrogen-bond donors (Lipinski definition) is 2. The number of amides is 3.